The molecule has 0 spiro atoms. The minimum absolute atomic E-state index is 0.0345. The van der Waals surface area contributed by atoms with Crippen LogP contribution in [-0.2, 0) is 4.79 Å². The summed E-state index contributed by atoms with van der Waals surface area (Å²) >= 11 is 0. The van der Waals surface area contributed by atoms with Gasteiger partial charge in [0, 0.05) is 18.6 Å². The Hall–Kier alpha value is -1.55. The summed E-state index contributed by atoms with van der Waals surface area (Å²) in [6, 6.07) is -0.833. The Balaban J connectivity index is 2.44. The van der Waals surface area contributed by atoms with Gasteiger partial charge in [0.1, 0.15) is 0 Å². The Bertz CT molecular complexity index is 441. The van der Waals surface area contributed by atoms with Crippen molar-refractivity contribution in [2.75, 3.05) is 26.2 Å². The van der Waals surface area contributed by atoms with Gasteiger partial charge in [-0.05, 0) is 26.3 Å². The van der Waals surface area contributed by atoms with Gasteiger partial charge in [0.2, 0.25) is 0 Å². The molecule has 1 rings (SSSR count). The van der Waals surface area contributed by atoms with E-state index in [-0.39, 0.29) is 25.2 Å². The fourth-order valence-corrected chi connectivity index (χ4v) is 2.61. The molecule has 0 aromatic rings. The summed E-state index contributed by atoms with van der Waals surface area (Å²) in [4.78, 5) is 25.4. The van der Waals surface area contributed by atoms with E-state index < -0.39 is 30.8 Å². The maximum Gasteiger partial charge on any atom is 0.416 e. The molecule has 1 fully saturated rings. The molecule has 0 saturated heterocycles. The Morgan fingerprint density at radius 2 is 1.83 bits per heavy atom. The number of nitrogens with one attached hydrogen (secondary N) is 1. The Morgan fingerprint density at radius 1 is 1.25 bits per heavy atom. The molecule has 140 valence electrons. The number of halogens is 3. The Morgan fingerprint density at radius 3 is 2.25 bits per heavy atom. The second kappa shape index (κ2) is 8.52. The average molecular weight is 355 g/mol. The van der Waals surface area contributed by atoms with E-state index in [1.807, 2.05) is 6.92 Å². The van der Waals surface area contributed by atoms with Gasteiger partial charge in [-0.25, -0.2) is 4.79 Å². The van der Waals surface area contributed by atoms with Crippen LogP contribution in [-0.4, -0.2) is 82.6 Å². The highest BCUT2D eigenvalue weighted by atomic mass is 19.4. The smallest absolute Gasteiger partial charge is 0.416 e. The lowest BCUT2D eigenvalue weighted by Gasteiger charge is -2.42. The van der Waals surface area contributed by atoms with E-state index in [1.165, 1.54) is 6.92 Å². The zero-order valence-corrected chi connectivity index (χ0v) is 13.7. The number of amides is 2. The number of aliphatic carboxylic acids is 1. The predicted octanol–water partition coefficient (Wildman–Crippen LogP) is 0.879. The van der Waals surface area contributed by atoms with Gasteiger partial charge in [-0.1, -0.05) is 6.92 Å². The van der Waals surface area contributed by atoms with E-state index in [2.05, 4.69) is 5.32 Å². The normalized spacial score (nSPS) is 22.0. The maximum atomic E-state index is 12.4. The monoisotopic (exact) mass is 355 g/mol. The topological polar surface area (TPSA) is 93.1 Å². The van der Waals surface area contributed by atoms with E-state index in [0.717, 1.165) is 4.90 Å². The van der Waals surface area contributed by atoms with Crippen LogP contribution in [0.15, 0.2) is 0 Å². The van der Waals surface area contributed by atoms with Crippen molar-refractivity contribution >= 4 is 12.0 Å². The number of hydrogen-bond donors (Lipinski definition) is 3. The van der Waals surface area contributed by atoms with Gasteiger partial charge in [0.15, 0.2) is 6.10 Å². The molecular formula is C14H24F3N3O4. The largest absolute Gasteiger partial charge is 0.480 e. The summed E-state index contributed by atoms with van der Waals surface area (Å²) in [5.74, 6) is -0.928. The molecule has 2 amide bonds. The lowest BCUT2D eigenvalue weighted by atomic mass is 9.85. The van der Waals surface area contributed by atoms with Crippen molar-refractivity contribution in [3.8, 4) is 0 Å². The fourth-order valence-electron chi connectivity index (χ4n) is 2.61. The van der Waals surface area contributed by atoms with E-state index in [9.17, 15) is 22.8 Å². The summed E-state index contributed by atoms with van der Waals surface area (Å²) in [6.07, 6.45) is -6.25. The van der Waals surface area contributed by atoms with Gasteiger partial charge in [0.25, 0.3) is 0 Å². The number of carbonyl (C=O) groups is 2. The second-order valence-corrected chi connectivity index (χ2v) is 5.82. The van der Waals surface area contributed by atoms with Crippen LogP contribution in [0.25, 0.3) is 0 Å². The second-order valence-electron chi connectivity index (χ2n) is 5.82. The molecule has 0 radical (unpaired) electrons. The van der Waals surface area contributed by atoms with Crippen molar-refractivity contribution in [1.82, 2.24) is 15.1 Å². The Labute approximate surface area is 138 Å². The molecule has 10 heteroatoms. The molecule has 1 aliphatic rings. The van der Waals surface area contributed by atoms with Crippen molar-refractivity contribution in [2.24, 2.45) is 0 Å². The first-order valence-corrected chi connectivity index (χ1v) is 7.84. The van der Waals surface area contributed by atoms with Crippen LogP contribution in [0.1, 0.15) is 26.7 Å². The van der Waals surface area contributed by atoms with Crippen molar-refractivity contribution in [1.29, 1.82) is 0 Å². The molecule has 7 nitrogen and oxygen atoms in total. The molecule has 1 unspecified atom stereocenters. The molecule has 3 N–H and O–H groups in total. The zero-order chi connectivity index (χ0) is 18.5. The highest BCUT2D eigenvalue weighted by molar-refractivity contribution is 5.74. The fraction of sp³-hybridized carbons (Fsp3) is 0.857. The van der Waals surface area contributed by atoms with Gasteiger partial charge < -0.3 is 20.4 Å². The third-order valence-electron chi connectivity index (χ3n) is 4.14. The quantitative estimate of drug-likeness (QED) is 0.601. The van der Waals surface area contributed by atoms with Crippen LogP contribution in [0.5, 0.6) is 0 Å². The number of carboxylic acids is 1. The third kappa shape index (κ3) is 5.82. The lowest BCUT2D eigenvalue weighted by Crippen LogP contribution is -2.57. The van der Waals surface area contributed by atoms with Crippen LogP contribution in [0, 0.1) is 0 Å². The van der Waals surface area contributed by atoms with Crippen LogP contribution < -0.4 is 5.32 Å². The highest BCUT2D eigenvalue weighted by Crippen LogP contribution is 2.26. The molecule has 1 aliphatic carbocycles. The standard InChI is InChI=1S/C14H24F3N3O4/c1-3-19(8-12(22)23)10-5-9(6-10)18-13(24)20(4-2)7-11(21)14(15,16)17/h9-11,21H,3-8H2,1-2H3,(H,18,24)(H,22,23). The number of alkyl halides is 3. The van der Waals surface area contributed by atoms with Crippen LogP contribution in [0.2, 0.25) is 0 Å². The number of nitrogens with zero attached hydrogens (tertiary/aromatic N) is 2. The summed E-state index contributed by atoms with van der Waals surface area (Å²) < 4.78 is 37.1. The van der Waals surface area contributed by atoms with E-state index >= 15 is 0 Å². The minimum Gasteiger partial charge on any atom is -0.480 e. The molecule has 0 bridgehead atoms. The van der Waals surface area contributed by atoms with Gasteiger partial charge in [-0.2, -0.15) is 13.2 Å². The van der Waals surface area contributed by atoms with Crippen LogP contribution >= 0.6 is 0 Å². The zero-order valence-electron chi connectivity index (χ0n) is 13.7. The number of carbonyl (C=O) groups excluding carboxylic acids is 1. The number of hydrogen-bond acceptors (Lipinski definition) is 4. The molecule has 24 heavy (non-hydrogen) atoms. The molecule has 0 aromatic carbocycles. The van der Waals surface area contributed by atoms with Gasteiger partial charge in [0.05, 0.1) is 13.1 Å². The molecule has 0 aromatic heterocycles. The number of aliphatic hydroxyl groups excluding tert-OH is 1. The first-order chi connectivity index (χ1) is 11.1. The van der Waals surface area contributed by atoms with Crippen molar-refractivity contribution in [3.05, 3.63) is 0 Å². The number of carboxylic acid groups (broad SMARTS) is 1. The van der Waals surface area contributed by atoms with Crippen molar-refractivity contribution < 1.29 is 33.0 Å². The number of likely N-dealkylation sites (N-methyl/N-ethyl adjacent to an activating group) is 2. The van der Waals surface area contributed by atoms with Crippen molar-refractivity contribution in [3.63, 3.8) is 0 Å². The summed E-state index contributed by atoms with van der Waals surface area (Å²) in [7, 11) is 0. The number of rotatable bonds is 8. The molecular weight excluding hydrogens is 331 g/mol. The van der Waals surface area contributed by atoms with Crippen molar-refractivity contribution in [2.45, 2.75) is 51.1 Å². The summed E-state index contributed by atoms with van der Waals surface area (Å²) in [5, 5.41) is 20.5. The molecule has 1 atom stereocenters. The lowest BCUT2D eigenvalue weighted by molar-refractivity contribution is -0.206. The Kier molecular flexibility index (Phi) is 7.27. The SMILES string of the molecule is CCN(CC(O)C(F)(F)F)C(=O)NC1CC(N(CC)CC(=O)O)C1. The first kappa shape index (κ1) is 20.5. The third-order valence-corrected chi connectivity index (χ3v) is 4.14. The van der Waals surface area contributed by atoms with Crippen LogP contribution in [0.4, 0.5) is 18.0 Å². The molecule has 0 heterocycles. The van der Waals surface area contributed by atoms with E-state index in [1.54, 1.807) is 4.90 Å². The highest BCUT2D eigenvalue weighted by Gasteiger charge is 2.40. The van der Waals surface area contributed by atoms with Gasteiger partial charge in [-0.15, -0.1) is 0 Å². The predicted molar refractivity (Wildman–Crippen MR) is 79.5 cm³/mol. The van der Waals surface area contributed by atoms with Gasteiger partial charge in [-0.3, -0.25) is 9.69 Å². The average Bonchev–Trinajstić information content (AvgIpc) is 2.44. The number of urea groups is 1. The molecule has 1 saturated carbocycles. The number of aliphatic hydroxyl groups is 1. The summed E-state index contributed by atoms with van der Waals surface area (Å²) in [6.45, 7) is 3.07. The van der Waals surface area contributed by atoms with E-state index in [4.69, 9.17) is 10.2 Å². The minimum atomic E-state index is -4.77. The van der Waals surface area contributed by atoms with Crippen LogP contribution in [0.3, 0.4) is 0 Å². The van der Waals surface area contributed by atoms with Gasteiger partial charge >= 0.3 is 18.2 Å². The summed E-state index contributed by atoms with van der Waals surface area (Å²) in [5.41, 5.74) is 0. The molecule has 0 aliphatic heterocycles. The maximum absolute atomic E-state index is 12.4. The van der Waals surface area contributed by atoms with E-state index in [0.29, 0.717) is 19.4 Å². The first-order valence-electron chi connectivity index (χ1n) is 7.84.